The van der Waals surface area contributed by atoms with E-state index in [4.69, 9.17) is 5.11 Å². The molecule has 0 amide bonds. The molecule has 7 heteroatoms. The summed E-state index contributed by atoms with van der Waals surface area (Å²) in [4.78, 5) is 27.4. The Morgan fingerprint density at radius 1 is 1.38 bits per heavy atom. The Balaban J connectivity index is 2.61. The summed E-state index contributed by atoms with van der Waals surface area (Å²) in [7, 11) is 0. The van der Waals surface area contributed by atoms with E-state index in [1.54, 1.807) is 30.8 Å². The number of rotatable bonds is 4. The van der Waals surface area contributed by atoms with Crippen molar-refractivity contribution in [2.75, 3.05) is 0 Å². The molecule has 0 spiro atoms. The zero-order chi connectivity index (χ0) is 15.7. The third kappa shape index (κ3) is 2.72. The number of nitrogens with zero attached hydrogens (tertiary/aromatic N) is 4. The van der Waals surface area contributed by atoms with E-state index in [0.717, 1.165) is 0 Å². The molecule has 2 aromatic heterocycles. The van der Waals surface area contributed by atoms with Crippen molar-refractivity contribution in [3.63, 3.8) is 0 Å². The molecule has 7 nitrogen and oxygen atoms in total. The van der Waals surface area contributed by atoms with Crippen LogP contribution in [0, 0.1) is 13.8 Å². The van der Waals surface area contributed by atoms with Crippen LogP contribution >= 0.6 is 0 Å². The summed E-state index contributed by atoms with van der Waals surface area (Å²) in [5, 5.41) is 13.2. The Bertz CT molecular complexity index is 743. The van der Waals surface area contributed by atoms with Crippen molar-refractivity contribution >= 4 is 5.97 Å². The maximum absolute atomic E-state index is 12.4. The van der Waals surface area contributed by atoms with Gasteiger partial charge in [-0.05, 0) is 27.7 Å². The second kappa shape index (κ2) is 5.51. The predicted octanol–water partition coefficient (Wildman–Crippen LogP) is 1.25. The SMILES string of the molecule is Cc1nn(-c2nccn(C(C)C)c2=O)c(C)c1CC(=O)O. The van der Waals surface area contributed by atoms with Crippen molar-refractivity contribution in [2.45, 2.75) is 40.2 Å². The number of aromatic nitrogens is 4. The van der Waals surface area contributed by atoms with E-state index in [9.17, 15) is 9.59 Å². The van der Waals surface area contributed by atoms with Crippen LogP contribution in [-0.2, 0) is 11.2 Å². The average Bonchev–Trinajstić information content (AvgIpc) is 2.66. The normalized spacial score (nSPS) is 11.1. The smallest absolute Gasteiger partial charge is 0.307 e. The third-order valence-corrected chi connectivity index (χ3v) is 3.38. The van der Waals surface area contributed by atoms with E-state index in [1.165, 1.54) is 4.68 Å². The molecule has 2 aromatic rings. The second-order valence-electron chi connectivity index (χ2n) is 5.19. The minimum Gasteiger partial charge on any atom is -0.481 e. The van der Waals surface area contributed by atoms with Crippen molar-refractivity contribution in [3.05, 3.63) is 39.7 Å². The van der Waals surface area contributed by atoms with Gasteiger partial charge in [0.2, 0.25) is 5.82 Å². The van der Waals surface area contributed by atoms with Gasteiger partial charge in [-0.3, -0.25) is 9.59 Å². The van der Waals surface area contributed by atoms with E-state index in [0.29, 0.717) is 17.0 Å². The van der Waals surface area contributed by atoms with Gasteiger partial charge in [0.25, 0.3) is 5.56 Å². The molecule has 0 atom stereocenters. The molecular weight excluding hydrogens is 272 g/mol. The highest BCUT2D eigenvalue weighted by Gasteiger charge is 2.18. The van der Waals surface area contributed by atoms with Gasteiger partial charge in [-0.25, -0.2) is 9.67 Å². The van der Waals surface area contributed by atoms with Gasteiger partial charge in [-0.1, -0.05) is 0 Å². The Labute approximate surface area is 121 Å². The zero-order valence-electron chi connectivity index (χ0n) is 12.5. The lowest BCUT2D eigenvalue weighted by Crippen LogP contribution is -2.27. The van der Waals surface area contributed by atoms with Crippen molar-refractivity contribution in [3.8, 4) is 5.82 Å². The lowest BCUT2D eigenvalue weighted by atomic mass is 10.1. The number of carboxylic acids is 1. The molecule has 21 heavy (non-hydrogen) atoms. The van der Waals surface area contributed by atoms with Gasteiger partial charge in [-0.2, -0.15) is 5.10 Å². The standard InChI is InChI=1S/C14H18N4O3/c1-8(2)17-6-5-15-13(14(17)21)18-10(4)11(7-12(19)20)9(3)16-18/h5-6,8H,7H2,1-4H3,(H,19,20). The maximum Gasteiger partial charge on any atom is 0.307 e. The summed E-state index contributed by atoms with van der Waals surface area (Å²) < 4.78 is 2.99. The molecule has 1 N–H and O–H groups in total. The molecule has 0 bridgehead atoms. The molecule has 0 aliphatic heterocycles. The Kier molecular flexibility index (Phi) is 3.93. The van der Waals surface area contributed by atoms with E-state index < -0.39 is 5.97 Å². The maximum atomic E-state index is 12.4. The van der Waals surface area contributed by atoms with E-state index in [2.05, 4.69) is 10.1 Å². The van der Waals surface area contributed by atoms with E-state index in [-0.39, 0.29) is 23.8 Å². The van der Waals surface area contributed by atoms with Gasteiger partial charge in [0.1, 0.15) is 0 Å². The van der Waals surface area contributed by atoms with Crippen LogP contribution in [0.15, 0.2) is 17.2 Å². The van der Waals surface area contributed by atoms with Gasteiger partial charge >= 0.3 is 5.97 Å². The highest BCUT2D eigenvalue weighted by Crippen LogP contribution is 2.16. The first-order valence-electron chi connectivity index (χ1n) is 6.67. The molecule has 0 unspecified atom stereocenters. The highest BCUT2D eigenvalue weighted by atomic mass is 16.4. The second-order valence-corrected chi connectivity index (χ2v) is 5.19. The van der Waals surface area contributed by atoms with E-state index >= 15 is 0 Å². The van der Waals surface area contributed by atoms with Crippen molar-refractivity contribution in [2.24, 2.45) is 0 Å². The average molecular weight is 290 g/mol. The number of aryl methyl sites for hydroxylation is 1. The summed E-state index contributed by atoms with van der Waals surface area (Å²) in [6.45, 7) is 7.28. The first kappa shape index (κ1) is 15.0. The van der Waals surface area contributed by atoms with Gasteiger partial charge in [0.05, 0.1) is 12.1 Å². The molecular formula is C14H18N4O3. The molecule has 0 aliphatic rings. The summed E-state index contributed by atoms with van der Waals surface area (Å²) in [6, 6.07) is 0.00899. The number of carbonyl (C=O) groups is 1. The first-order chi connectivity index (χ1) is 9.82. The Morgan fingerprint density at radius 3 is 2.62 bits per heavy atom. The summed E-state index contributed by atoms with van der Waals surface area (Å²) in [5.41, 5.74) is 1.58. The fraction of sp³-hybridized carbons (Fsp3) is 0.429. The molecule has 0 aromatic carbocycles. The van der Waals surface area contributed by atoms with Gasteiger partial charge < -0.3 is 9.67 Å². The van der Waals surface area contributed by atoms with Crippen molar-refractivity contribution < 1.29 is 9.90 Å². The van der Waals surface area contributed by atoms with Gasteiger partial charge in [0, 0.05) is 29.7 Å². The van der Waals surface area contributed by atoms with Crippen LogP contribution in [0.1, 0.15) is 36.8 Å². The third-order valence-electron chi connectivity index (χ3n) is 3.38. The largest absolute Gasteiger partial charge is 0.481 e. The minimum atomic E-state index is -0.929. The monoisotopic (exact) mass is 290 g/mol. The van der Waals surface area contributed by atoms with Crippen LogP contribution in [0.4, 0.5) is 0 Å². The zero-order valence-corrected chi connectivity index (χ0v) is 12.5. The summed E-state index contributed by atoms with van der Waals surface area (Å²) >= 11 is 0. The Morgan fingerprint density at radius 2 is 2.05 bits per heavy atom. The van der Waals surface area contributed by atoms with Crippen LogP contribution in [0.2, 0.25) is 0 Å². The summed E-state index contributed by atoms with van der Waals surface area (Å²) in [5.74, 6) is -0.746. The first-order valence-corrected chi connectivity index (χ1v) is 6.67. The fourth-order valence-electron chi connectivity index (χ4n) is 2.25. The van der Waals surface area contributed by atoms with Crippen LogP contribution < -0.4 is 5.56 Å². The summed E-state index contributed by atoms with van der Waals surface area (Å²) in [6.07, 6.45) is 3.05. The van der Waals surface area contributed by atoms with E-state index in [1.807, 2.05) is 13.8 Å². The highest BCUT2D eigenvalue weighted by molar-refractivity contribution is 5.71. The molecule has 2 rings (SSSR count). The number of hydrogen-bond donors (Lipinski definition) is 1. The number of aliphatic carboxylic acids is 1. The lowest BCUT2D eigenvalue weighted by Gasteiger charge is -2.11. The van der Waals surface area contributed by atoms with Gasteiger partial charge in [0.15, 0.2) is 0 Å². The number of hydrogen-bond acceptors (Lipinski definition) is 4. The molecule has 0 aliphatic carbocycles. The van der Waals surface area contributed by atoms with Crippen LogP contribution in [0.25, 0.3) is 5.82 Å². The van der Waals surface area contributed by atoms with Crippen LogP contribution in [0.5, 0.6) is 0 Å². The molecule has 2 heterocycles. The molecule has 0 saturated carbocycles. The topological polar surface area (TPSA) is 90.0 Å². The molecule has 0 fully saturated rings. The van der Waals surface area contributed by atoms with Crippen molar-refractivity contribution in [1.29, 1.82) is 0 Å². The predicted molar refractivity (Wildman–Crippen MR) is 76.8 cm³/mol. The minimum absolute atomic E-state index is 0.00899. The quantitative estimate of drug-likeness (QED) is 0.915. The van der Waals surface area contributed by atoms with Crippen LogP contribution in [0.3, 0.4) is 0 Å². The fourth-order valence-corrected chi connectivity index (χ4v) is 2.25. The van der Waals surface area contributed by atoms with Crippen molar-refractivity contribution in [1.82, 2.24) is 19.3 Å². The molecule has 112 valence electrons. The van der Waals surface area contributed by atoms with Gasteiger partial charge in [-0.15, -0.1) is 0 Å². The molecule has 0 radical (unpaired) electrons. The number of carboxylic acid groups (broad SMARTS) is 1. The lowest BCUT2D eigenvalue weighted by molar-refractivity contribution is -0.136. The Hall–Kier alpha value is -2.44. The van der Waals surface area contributed by atoms with Crippen LogP contribution in [-0.4, -0.2) is 30.4 Å². The molecule has 0 saturated heterocycles.